The molecule has 1 unspecified atom stereocenters. The third-order valence-electron chi connectivity index (χ3n) is 1.62. The van der Waals surface area contributed by atoms with E-state index >= 15 is 0 Å². The molecular formula is C8H14O3S. The highest BCUT2D eigenvalue weighted by molar-refractivity contribution is 7.98. The summed E-state index contributed by atoms with van der Waals surface area (Å²) in [6.45, 7) is 3.51. The molecule has 0 aliphatic carbocycles. The molecule has 70 valence electrons. The molecule has 0 radical (unpaired) electrons. The minimum absolute atomic E-state index is 0.228. The molecule has 3 nitrogen and oxygen atoms in total. The second-order valence-electron chi connectivity index (χ2n) is 3.21. The molecule has 0 aromatic rings. The molecule has 0 spiro atoms. The molecule has 0 aromatic heterocycles. The Labute approximate surface area is 76.8 Å². The summed E-state index contributed by atoms with van der Waals surface area (Å²) < 4.78 is 10.4. The summed E-state index contributed by atoms with van der Waals surface area (Å²) in [5.74, 6) is -0.0234. The second-order valence-corrected chi connectivity index (χ2v) is 4.19. The lowest BCUT2D eigenvalue weighted by Crippen LogP contribution is -2.21. The van der Waals surface area contributed by atoms with E-state index in [0.29, 0.717) is 0 Å². The number of hydrogen-bond acceptors (Lipinski definition) is 4. The molecule has 0 amide bonds. The summed E-state index contributed by atoms with van der Waals surface area (Å²) >= 11 is 1.70. The number of carbonyl (C=O) groups is 1. The van der Waals surface area contributed by atoms with Crippen LogP contribution in [0, 0.1) is 0 Å². The van der Waals surface area contributed by atoms with Gasteiger partial charge in [0.15, 0.2) is 6.10 Å². The van der Waals surface area contributed by atoms with Gasteiger partial charge in [0.1, 0.15) is 0 Å². The third-order valence-corrected chi connectivity index (χ3v) is 2.26. The topological polar surface area (TPSA) is 35.5 Å². The van der Waals surface area contributed by atoms with Crippen LogP contribution in [0.2, 0.25) is 0 Å². The molecule has 1 heterocycles. The predicted octanol–water partition coefficient (Wildman–Crippen LogP) is 1.42. The molecule has 0 aromatic carbocycles. The molecule has 1 atom stereocenters. The van der Waals surface area contributed by atoms with E-state index in [1.165, 1.54) is 0 Å². The fraction of sp³-hybridized carbons (Fsp3) is 0.875. The van der Waals surface area contributed by atoms with Gasteiger partial charge in [-0.25, -0.2) is 4.79 Å². The second kappa shape index (κ2) is 3.66. The number of esters is 1. The van der Waals surface area contributed by atoms with E-state index in [4.69, 9.17) is 9.47 Å². The van der Waals surface area contributed by atoms with Crippen LogP contribution in [0.3, 0.4) is 0 Å². The molecular weight excluding hydrogens is 176 g/mol. The van der Waals surface area contributed by atoms with Crippen LogP contribution in [-0.2, 0) is 14.3 Å². The van der Waals surface area contributed by atoms with Crippen LogP contribution in [0.15, 0.2) is 0 Å². The average Bonchev–Trinajstić information content (AvgIpc) is 2.20. The van der Waals surface area contributed by atoms with Gasteiger partial charge in [-0.3, -0.25) is 0 Å². The van der Waals surface area contributed by atoms with Crippen molar-refractivity contribution >= 4 is 17.7 Å². The maximum atomic E-state index is 11.1. The number of hydrogen-bond donors (Lipinski definition) is 0. The molecule has 4 heteroatoms. The highest BCUT2D eigenvalue weighted by Crippen LogP contribution is 2.25. The van der Waals surface area contributed by atoms with Crippen LogP contribution in [0.4, 0.5) is 0 Å². The Morgan fingerprint density at radius 3 is 2.67 bits per heavy atom. The first-order chi connectivity index (χ1) is 5.55. The van der Waals surface area contributed by atoms with Gasteiger partial charge in [-0.1, -0.05) is 0 Å². The summed E-state index contributed by atoms with van der Waals surface area (Å²) in [6.07, 6.45) is 2.39. The maximum Gasteiger partial charge on any atom is 0.337 e. The first-order valence-electron chi connectivity index (χ1n) is 3.95. The number of ether oxygens (including phenoxy) is 2. The van der Waals surface area contributed by atoms with Crippen molar-refractivity contribution in [1.82, 2.24) is 0 Å². The zero-order chi connectivity index (χ0) is 9.19. The summed E-state index contributed by atoms with van der Waals surface area (Å²) in [5.41, 5.74) is 0. The van der Waals surface area contributed by atoms with E-state index in [9.17, 15) is 4.79 Å². The molecule has 1 rings (SSSR count). The monoisotopic (exact) mass is 190 g/mol. The van der Waals surface area contributed by atoms with E-state index in [-0.39, 0.29) is 12.1 Å². The highest BCUT2D eigenvalue weighted by atomic mass is 32.2. The fourth-order valence-corrected chi connectivity index (χ4v) is 1.57. The number of cyclic esters (lactones) is 1. The van der Waals surface area contributed by atoms with Crippen LogP contribution in [0.25, 0.3) is 0 Å². The molecule has 0 bridgehead atoms. The Bertz CT molecular complexity index is 179. The van der Waals surface area contributed by atoms with Crippen molar-refractivity contribution in [3.8, 4) is 0 Å². The molecule has 1 saturated heterocycles. The van der Waals surface area contributed by atoms with Crippen molar-refractivity contribution in [3.05, 3.63) is 0 Å². The van der Waals surface area contributed by atoms with Crippen LogP contribution >= 0.6 is 11.8 Å². The molecule has 1 aliphatic rings. The maximum absolute atomic E-state index is 11.1. The zero-order valence-corrected chi connectivity index (χ0v) is 8.44. The molecule has 1 fully saturated rings. The lowest BCUT2D eigenvalue weighted by Gasteiger charge is -2.14. The van der Waals surface area contributed by atoms with Crippen molar-refractivity contribution in [1.29, 1.82) is 0 Å². The van der Waals surface area contributed by atoms with Gasteiger partial charge >= 0.3 is 5.97 Å². The molecule has 12 heavy (non-hydrogen) atoms. The first kappa shape index (κ1) is 9.86. The van der Waals surface area contributed by atoms with Crippen LogP contribution in [-0.4, -0.2) is 29.9 Å². The minimum atomic E-state index is -0.722. The predicted molar refractivity (Wildman–Crippen MR) is 48.0 cm³/mol. The van der Waals surface area contributed by atoms with E-state index < -0.39 is 5.79 Å². The Morgan fingerprint density at radius 2 is 2.25 bits per heavy atom. The van der Waals surface area contributed by atoms with Crippen molar-refractivity contribution in [2.45, 2.75) is 32.2 Å². The summed E-state index contributed by atoms with van der Waals surface area (Å²) in [4.78, 5) is 11.1. The average molecular weight is 190 g/mol. The van der Waals surface area contributed by atoms with Crippen LogP contribution in [0.1, 0.15) is 20.3 Å². The Morgan fingerprint density at radius 1 is 1.58 bits per heavy atom. The van der Waals surface area contributed by atoms with E-state index in [1.54, 1.807) is 25.6 Å². The lowest BCUT2D eigenvalue weighted by atomic mass is 10.3. The van der Waals surface area contributed by atoms with Crippen molar-refractivity contribution in [2.24, 2.45) is 0 Å². The van der Waals surface area contributed by atoms with Gasteiger partial charge in [0.05, 0.1) is 0 Å². The largest absolute Gasteiger partial charge is 0.432 e. The van der Waals surface area contributed by atoms with E-state index in [0.717, 1.165) is 12.2 Å². The van der Waals surface area contributed by atoms with Crippen molar-refractivity contribution in [2.75, 3.05) is 12.0 Å². The van der Waals surface area contributed by atoms with Gasteiger partial charge in [0.2, 0.25) is 5.79 Å². The minimum Gasteiger partial charge on any atom is -0.432 e. The number of rotatable bonds is 3. The summed E-state index contributed by atoms with van der Waals surface area (Å²) in [7, 11) is 0. The Hall–Kier alpha value is -0.220. The SMILES string of the molecule is CSCCC1OC(C)(C)OC1=O. The summed E-state index contributed by atoms with van der Waals surface area (Å²) in [5, 5.41) is 0. The van der Waals surface area contributed by atoms with Crippen LogP contribution in [0.5, 0.6) is 0 Å². The van der Waals surface area contributed by atoms with Gasteiger partial charge < -0.3 is 9.47 Å². The normalized spacial score (nSPS) is 27.2. The van der Waals surface area contributed by atoms with E-state index in [2.05, 4.69) is 0 Å². The fourth-order valence-electron chi connectivity index (χ4n) is 1.12. The lowest BCUT2D eigenvalue weighted by molar-refractivity contribution is -0.160. The van der Waals surface area contributed by atoms with Gasteiger partial charge in [-0.15, -0.1) is 0 Å². The van der Waals surface area contributed by atoms with E-state index in [1.807, 2.05) is 6.26 Å². The van der Waals surface area contributed by atoms with Gasteiger partial charge in [-0.05, 0) is 18.4 Å². The van der Waals surface area contributed by atoms with Gasteiger partial charge in [-0.2, -0.15) is 11.8 Å². The molecule has 1 aliphatic heterocycles. The zero-order valence-electron chi connectivity index (χ0n) is 7.62. The number of thioether (sulfide) groups is 1. The molecule has 0 N–H and O–H groups in total. The summed E-state index contributed by atoms with van der Waals surface area (Å²) in [6, 6.07) is 0. The van der Waals surface area contributed by atoms with Gasteiger partial charge in [0.25, 0.3) is 0 Å². The molecule has 0 saturated carbocycles. The highest BCUT2D eigenvalue weighted by Gasteiger charge is 2.40. The standard InChI is InChI=1S/C8H14O3S/c1-8(2)10-6(4-5-12-3)7(9)11-8/h6H,4-5H2,1-3H3. The quantitative estimate of drug-likeness (QED) is 0.630. The van der Waals surface area contributed by atoms with Crippen LogP contribution < -0.4 is 0 Å². The van der Waals surface area contributed by atoms with Crippen molar-refractivity contribution < 1.29 is 14.3 Å². The third kappa shape index (κ3) is 2.38. The first-order valence-corrected chi connectivity index (χ1v) is 5.34. The Kier molecular flexibility index (Phi) is 3.01. The van der Waals surface area contributed by atoms with Gasteiger partial charge in [0, 0.05) is 13.8 Å². The Balaban J connectivity index is 2.42. The number of carbonyl (C=O) groups excluding carboxylic acids is 1. The smallest absolute Gasteiger partial charge is 0.337 e. The van der Waals surface area contributed by atoms with Crippen molar-refractivity contribution in [3.63, 3.8) is 0 Å².